The van der Waals surface area contributed by atoms with E-state index in [4.69, 9.17) is 11.6 Å². The van der Waals surface area contributed by atoms with E-state index < -0.39 is 29.0 Å². The van der Waals surface area contributed by atoms with Crippen LogP contribution in [0.5, 0.6) is 0 Å². The van der Waals surface area contributed by atoms with Gasteiger partial charge < -0.3 is 10.2 Å². The van der Waals surface area contributed by atoms with E-state index in [9.17, 15) is 22.8 Å². The van der Waals surface area contributed by atoms with E-state index in [1.807, 2.05) is 0 Å². The van der Waals surface area contributed by atoms with Crippen molar-refractivity contribution in [1.82, 2.24) is 9.80 Å². The van der Waals surface area contributed by atoms with Crippen LogP contribution in [0.1, 0.15) is 10.4 Å². The maximum Gasteiger partial charge on any atom is 0.255 e. The van der Waals surface area contributed by atoms with E-state index in [0.29, 0.717) is 36.8 Å². The Morgan fingerprint density at radius 3 is 2.32 bits per heavy atom. The average molecular weight is 412 g/mol. The number of nitrogens with zero attached hydrogens (tertiary/aromatic N) is 2. The van der Waals surface area contributed by atoms with E-state index in [-0.39, 0.29) is 12.5 Å². The van der Waals surface area contributed by atoms with Gasteiger partial charge in [-0.1, -0.05) is 23.7 Å². The number of halogens is 4. The number of nitrogens with one attached hydrogen (secondary N) is 1. The summed E-state index contributed by atoms with van der Waals surface area (Å²) in [5.74, 6) is -5.14. The average Bonchev–Trinajstić information content (AvgIpc) is 2.69. The van der Waals surface area contributed by atoms with Gasteiger partial charge in [-0.2, -0.15) is 0 Å². The molecule has 1 fully saturated rings. The van der Waals surface area contributed by atoms with Gasteiger partial charge in [-0.3, -0.25) is 14.5 Å². The molecule has 0 aromatic heterocycles. The molecule has 0 unspecified atom stereocenters. The lowest BCUT2D eigenvalue weighted by Crippen LogP contribution is -2.50. The summed E-state index contributed by atoms with van der Waals surface area (Å²) in [6.45, 7) is 1.61. The Morgan fingerprint density at radius 2 is 1.64 bits per heavy atom. The Bertz CT molecular complexity index is 902. The lowest BCUT2D eigenvalue weighted by Gasteiger charge is -2.34. The molecule has 0 saturated carbocycles. The highest BCUT2D eigenvalue weighted by atomic mass is 35.5. The highest BCUT2D eigenvalue weighted by molar-refractivity contribution is 6.33. The maximum atomic E-state index is 13.6. The molecule has 1 N–H and O–H groups in total. The Labute approximate surface area is 164 Å². The van der Waals surface area contributed by atoms with Gasteiger partial charge in [0, 0.05) is 26.2 Å². The monoisotopic (exact) mass is 411 g/mol. The largest absolute Gasteiger partial charge is 0.336 e. The van der Waals surface area contributed by atoms with Crippen LogP contribution in [0.15, 0.2) is 36.4 Å². The lowest BCUT2D eigenvalue weighted by atomic mass is 10.2. The van der Waals surface area contributed by atoms with E-state index in [0.717, 1.165) is 12.1 Å². The Morgan fingerprint density at radius 1 is 0.964 bits per heavy atom. The second-order valence-corrected chi connectivity index (χ2v) is 6.73. The number of piperazine rings is 1. The fraction of sp³-hybridized carbons (Fsp3) is 0.263. The van der Waals surface area contributed by atoms with Crippen LogP contribution in [-0.4, -0.2) is 54.3 Å². The van der Waals surface area contributed by atoms with Crippen LogP contribution < -0.4 is 5.32 Å². The number of hydrogen-bond donors (Lipinski definition) is 1. The summed E-state index contributed by atoms with van der Waals surface area (Å²) in [6, 6.07) is 8.48. The van der Waals surface area contributed by atoms with Crippen LogP contribution in [0.4, 0.5) is 18.9 Å². The van der Waals surface area contributed by atoms with Crippen LogP contribution >= 0.6 is 11.6 Å². The topological polar surface area (TPSA) is 52.7 Å². The number of amides is 2. The fourth-order valence-corrected chi connectivity index (χ4v) is 3.15. The predicted octanol–water partition coefficient (Wildman–Crippen LogP) is 3.15. The van der Waals surface area contributed by atoms with Crippen molar-refractivity contribution in [2.45, 2.75) is 0 Å². The summed E-state index contributed by atoms with van der Waals surface area (Å²) >= 11 is 6.05. The van der Waals surface area contributed by atoms with Crippen LogP contribution in [-0.2, 0) is 4.79 Å². The molecule has 148 valence electrons. The first-order chi connectivity index (χ1) is 13.4. The van der Waals surface area contributed by atoms with Gasteiger partial charge in [-0.05, 0) is 24.3 Å². The molecule has 1 aliphatic heterocycles. The zero-order valence-electron chi connectivity index (χ0n) is 14.7. The summed E-state index contributed by atoms with van der Waals surface area (Å²) in [4.78, 5) is 28.0. The van der Waals surface area contributed by atoms with Crippen molar-refractivity contribution in [1.29, 1.82) is 0 Å². The third-order valence-corrected chi connectivity index (χ3v) is 4.77. The van der Waals surface area contributed by atoms with Gasteiger partial charge in [0.2, 0.25) is 5.91 Å². The molecule has 5 nitrogen and oxygen atoms in total. The van der Waals surface area contributed by atoms with Crippen LogP contribution in [0.2, 0.25) is 5.02 Å². The van der Waals surface area contributed by atoms with Gasteiger partial charge in [0.05, 0.1) is 22.8 Å². The molecule has 0 aliphatic carbocycles. The smallest absolute Gasteiger partial charge is 0.255 e. The second-order valence-electron chi connectivity index (χ2n) is 6.32. The molecular weight excluding hydrogens is 395 g/mol. The van der Waals surface area contributed by atoms with E-state index >= 15 is 0 Å². The minimum Gasteiger partial charge on any atom is -0.336 e. The van der Waals surface area contributed by atoms with Crippen molar-refractivity contribution < 1.29 is 22.8 Å². The molecular formula is C19H17ClF3N3O2. The first-order valence-corrected chi connectivity index (χ1v) is 8.94. The van der Waals surface area contributed by atoms with Crippen molar-refractivity contribution in [2.75, 3.05) is 38.0 Å². The third-order valence-electron chi connectivity index (χ3n) is 4.44. The Hall–Kier alpha value is -2.58. The zero-order valence-corrected chi connectivity index (χ0v) is 15.5. The number of benzene rings is 2. The molecule has 1 heterocycles. The highest BCUT2D eigenvalue weighted by Crippen LogP contribution is 2.20. The molecule has 1 aliphatic rings. The summed E-state index contributed by atoms with van der Waals surface area (Å²) in [5.41, 5.74) is 0.000560. The van der Waals surface area contributed by atoms with E-state index in [1.54, 1.807) is 34.1 Å². The summed E-state index contributed by atoms with van der Waals surface area (Å²) in [7, 11) is 0. The molecule has 9 heteroatoms. The predicted molar refractivity (Wildman–Crippen MR) is 98.7 cm³/mol. The molecule has 1 saturated heterocycles. The number of hydrogen-bond acceptors (Lipinski definition) is 3. The Balaban J connectivity index is 1.53. The van der Waals surface area contributed by atoms with Crippen LogP contribution in [0, 0.1) is 17.5 Å². The molecule has 2 aromatic carbocycles. The van der Waals surface area contributed by atoms with Gasteiger partial charge in [-0.15, -0.1) is 0 Å². The third kappa shape index (κ3) is 4.45. The number of carbonyl (C=O) groups excluding carboxylic acids is 2. The van der Waals surface area contributed by atoms with Gasteiger partial charge in [0.15, 0.2) is 17.5 Å². The quantitative estimate of drug-likeness (QED) is 0.786. The van der Waals surface area contributed by atoms with Gasteiger partial charge in [0.1, 0.15) is 0 Å². The number of carbonyl (C=O) groups is 2. The van der Waals surface area contributed by atoms with Crippen molar-refractivity contribution in [3.05, 3.63) is 64.4 Å². The summed E-state index contributed by atoms with van der Waals surface area (Å²) < 4.78 is 39.8. The van der Waals surface area contributed by atoms with Gasteiger partial charge in [-0.25, -0.2) is 13.2 Å². The summed E-state index contributed by atoms with van der Waals surface area (Å²) in [6.07, 6.45) is 0. The van der Waals surface area contributed by atoms with Crippen molar-refractivity contribution in [3.63, 3.8) is 0 Å². The molecule has 3 rings (SSSR count). The molecule has 0 atom stereocenters. The maximum absolute atomic E-state index is 13.6. The number of anilines is 1. The molecule has 28 heavy (non-hydrogen) atoms. The standard InChI is InChI=1S/C19H17ClF3N3O2/c20-13-4-2-1-3-12(13)19(28)26-9-7-25(8-10-26)11-16(27)24-15-6-5-14(21)17(22)18(15)23/h1-6H,7-11H2,(H,24,27). The van der Waals surface area contributed by atoms with E-state index in [2.05, 4.69) is 5.32 Å². The number of rotatable bonds is 4. The lowest BCUT2D eigenvalue weighted by molar-refractivity contribution is -0.117. The first-order valence-electron chi connectivity index (χ1n) is 8.56. The molecule has 0 bridgehead atoms. The minimum absolute atomic E-state index is 0.0629. The molecule has 0 radical (unpaired) electrons. The first kappa shape index (κ1) is 20.2. The van der Waals surface area contributed by atoms with Crippen molar-refractivity contribution in [3.8, 4) is 0 Å². The van der Waals surface area contributed by atoms with Crippen molar-refractivity contribution >= 4 is 29.1 Å². The normalized spacial score (nSPS) is 14.8. The van der Waals surface area contributed by atoms with Crippen molar-refractivity contribution in [2.24, 2.45) is 0 Å². The SMILES string of the molecule is O=C(CN1CCN(C(=O)c2ccccc2Cl)CC1)Nc1ccc(F)c(F)c1F. The minimum atomic E-state index is -1.63. The van der Waals surface area contributed by atoms with Gasteiger partial charge >= 0.3 is 0 Å². The van der Waals surface area contributed by atoms with Crippen LogP contribution in [0.3, 0.4) is 0 Å². The van der Waals surface area contributed by atoms with E-state index in [1.165, 1.54) is 0 Å². The highest BCUT2D eigenvalue weighted by Gasteiger charge is 2.25. The second kappa shape index (κ2) is 8.62. The molecule has 0 spiro atoms. The van der Waals surface area contributed by atoms with Crippen LogP contribution in [0.25, 0.3) is 0 Å². The van der Waals surface area contributed by atoms with Gasteiger partial charge in [0.25, 0.3) is 5.91 Å². The Kier molecular flexibility index (Phi) is 6.21. The molecule has 2 amide bonds. The molecule has 2 aromatic rings. The summed E-state index contributed by atoms with van der Waals surface area (Å²) in [5, 5.41) is 2.61. The fourth-order valence-electron chi connectivity index (χ4n) is 2.93. The zero-order chi connectivity index (χ0) is 20.3.